The molecule has 2 heterocycles. The molecule has 1 aromatic heterocycles. The number of rotatable bonds is 4. The minimum Gasteiger partial charge on any atom is -0.315 e. The summed E-state index contributed by atoms with van der Waals surface area (Å²) in [4.78, 5) is 13.4. The molecule has 0 saturated carbocycles. The van der Waals surface area contributed by atoms with E-state index >= 15 is 0 Å². The van der Waals surface area contributed by atoms with Crippen molar-refractivity contribution in [2.75, 3.05) is 6.54 Å². The molecule has 1 atom stereocenters. The van der Waals surface area contributed by atoms with Gasteiger partial charge in [-0.05, 0) is 13.3 Å². The van der Waals surface area contributed by atoms with Crippen LogP contribution in [0.4, 0.5) is 0 Å². The van der Waals surface area contributed by atoms with Crippen LogP contribution in [0.25, 0.3) is 0 Å². The lowest BCUT2D eigenvalue weighted by Gasteiger charge is -2.32. The quantitative estimate of drug-likeness (QED) is 0.409. The molecule has 1 aromatic rings. The molecule has 2 rings (SSSR count). The van der Waals surface area contributed by atoms with Gasteiger partial charge in [0.25, 0.3) is 0 Å². The lowest BCUT2D eigenvalue weighted by molar-refractivity contribution is -0.121. The fourth-order valence-electron chi connectivity index (χ4n) is 2.06. The van der Waals surface area contributed by atoms with Gasteiger partial charge in [0.05, 0.1) is 6.54 Å². The molecule has 7 heteroatoms. The van der Waals surface area contributed by atoms with Crippen molar-refractivity contribution in [1.29, 1.82) is 0 Å². The molecule has 1 aliphatic heterocycles. The summed E-state index contributed by atoms with van der Waals surface area (Å²) in [6, 6.07) is 0.345. The molecule has 1 unspecified atom stereocenters. The molecule has 0 bridgehead atoms. The second kappa shape index (κ2) is 5.24. The Kier molecular flexibility index (Phi) is 3.70. The van der Waals surface area contributed by atoms with Gasteiger partial charge >= 0.3 is 0 Å². The SMILES string of the molecule is CC(CCC(=O)NN)N1CCn2cnnc2C1. The molecule has 3 N–H and O–H groups in total. The van der Waals surface area contributed by atoms with Crippen LogP contribution < -0.4 is 11.3 Å². The number of hydrogen-bond acceptors (Lipinski definition) is 5. The molecule has 0 fully saturated rings. The lowest BCUT2D eigenvalue weighted by atomic mass is 10.1. The van der Waals surface area contributed by atoms with Gasteiger partial charge in [-0.3, -0.25) is 15.1 Å². The highest BCUT2D eigenvalue weighted by Gasteiger charge is 2.21. The van der Waals surface area contributed by atoms with Gasteiger partial charge in [-0.2, -0.15) is 0 Å². The van der Waals surface area contributed by atoms with Gasteiger partial charge < -0.3 is 4.57 Å². The summed E-state index contributed by atoms with van der Waals surface area (Å²) >= 11 is 0. The van der Waals surface area contributed by atoms with Crippen molar-refractivity contribution < 1.29 is 4.79 Å². The smallest absolute Gasteiger partial charge is 0.233 e. The van der Waals surface area contributed by atoms with E-state index in [9.17, 15) is 4.79 Å². The van der Waals surface area contributed by atoms with Crippen molar-refractivity contribution in [3.8, 4) is 0 Å². The zero-order chi connectivity index (χ0) is 12.3. The number of fused-ring (bicyclic) bond motifs is 1. The van der Waals surface area contributed by atoms with Gasteiger partial charge in [0, 0.05) is 25.6 Å². The first-order valence-corrected chi connectivity index (χ1v) is 5.81. The maximum Gasteiger partial charge on any atom is 0.233 e. The third-order valence-corrected chi connectivity index (χ3v) is 3.24. The van der Waals surface area contributed by atoms with E-state index in [1.54, 1.807) is 6.33 Å². The maximum atomic E-state index is 11.1. The van der Waals surface area contributed by atoms with Gasteiger partial charge in [0.15, 0.2) is 0 Å². The molecule has 1 aliphatic rings. The molecule has 94 valence electrons. The van der Waals surface area contributed by atoms with Crippen molar-refractivity contribution in [3.05, 3.63) is 12.2 Å². The zero-order valence-electron chi connectivity index (χ0n) is 9.96. The summed E-state index contributed by atoms with van der Waals surface area (Å²) in [6.07, 6.45) is 3.03. The van der Waals surface area contributed by atoms with E-state index in [0.717, 1.165) is 31.9 Å². The second-order valence-corrected chi connectivity index (χ2v) is 4.37. The number of amides is 1. The summed E-state index contributed by atoms with van der Waals surface area (Å²) in [5.41, 5.74) is 2.15. The standard InChI is InChI=1S/C10H18N6O/c1-8(2-3-10(17)13-11)15-4-5-16-7-12-14-9(16)6-15/h7-8H,2-6,11H2,1H3,(H,13,17). The van der Waals surface area contributed by atoms with Crippen molar-refractivity contribution in [2.45, 2.75) is 38.9 Å². The number of hydrazine groups is 1. The Morgan fingerprint density at radius 2 is 2.47 bits per heavy atom. The van der Waals surface area contributed by atoms with Crippen LogP contribution in [0.15, 0.2) is 6.33 Å². The highest BCUT2D eigenvalue weighted by atomic mass is 16.2. The average molecular weight is 238 g/mol. The molecular weight excluding hydrogens is 220 g/mol. The predicted octanol–water partition coefficient (Wildman–Crippen LogP) is -0.748. The predicted molar refractivity (Wildman–Crippen MR) is 61.5 cm³/mol. The van der Waals surface area contributed by atoms with E-state index in [4.69, 9.17) is 5.84 Å². The molecule has 0 aliphatic carbocycles. The molecule has 0 aromatic carbocycles. The monoisotopic (exact) mass is 238 g/mol. The third kappa shape index (κ3) is 2.80. The van der Waals surface area contributed by atoms with E-state index in [-0.39, 0.29) is 5.91 Å². The van der Waals surface area contributed by atoms with Crippen molar-refractivity contribution in [2.24, 2.45) is 5.84 Å². The highest BCUT2D eigenvalue weighted by molar-refractivity contribution is 5.75. The average Bonchev–Trinajstić information content (AvgIpc) is 2.82. The molecule has 0 radical (unpaired) electrons. The molecule has 0 saturated heterocycles. The first kappa shape index (κ1) is 12.0. The topological polar surface area (TPSA) is 89.1 Å². The number of nitrogens with zero attached hydrogens (tertiary/aromatic N) is 4. The molecule has 17 heavy (non-hydrogen) atoms. The van der Waals surface area contributed by atoms with Gasteiger partial charge in [-0.15, -0.1) is 10.2 Å². The fraction of sp³-hybridized carbons (Fsp3) is 0.700. The van der Waals surface area contributed by atoms with Crippen LogP contribution in [0, 0.1) is 0 Å². The van der Waals surface area contributed by atoms with Crippen molar-refractivity contribution in [1.82, 2.24) is 25.1 Å². The number of hydrogen-bond donors (Lipinski definition) is 2. The number of carbonyl (C=O) groups excluding carboxylic acids is 1. The highest BCUT2D eigenvalue weighted by Crippen LogP contribution is 2.15. The Bertz CT molecular complexity index is 390. The minimum atomic E-state index is -0.114. The van der Waals surface area contributed by atoms with Crippen LogP contribution >= 0.6 is 0 Å². The molecular formula is C10H18N6O. The van der Waals surface area contributed by atoms with Gasteiger partial charge in [-0.1, -0.05) is 0 Å². The van der Waals surface area contributed by atoms with Crippen LogP contribution in [0.1, 0.15) is 25.6 Å². The van der Waals surface area contributed by atoms with E-state index in [0.29, 0.717) is 12.5 Å². The Morgan fingerprint density at radius 3 is 3.24 bits per heavy atom. The van der Waals surface area contributed by atoms with Crippen LogP contribution in [-0.2, 0) is 17.9 Å². The van der Waals surface area contributed by atoms with Crippen LogP contribution in [0.5, 0.6) is 0 Å². The number of nitrogens with one attached hydrogen (secondary N) is 1. The largest absolute Gasteiger partial charge is 0.315 e. The van der Waals surface area contributed by atoms with E-state index in [1.807, 2.05) is 0 Å². The Morgan fingerprint density at radius 1 is 1.65 bits per heavy atom. The maximum absolute atomic E-state index is 11.1. The van der Waals surface area contributed by atoms with Crippen molar-refractivity contribution >= 4 is 5.91 Å². The summed E-state index contributed by atoms with van der Waals surface area (Å²) in [7, 11) is 0. The summed E-state index contributed by atoms with van der Waals surface area (Å²) in [6.45, 7) is 4.80. The normalized spacial score (nSPS) is 17.5. The fourth-order valence-corrected chi connectivity index (χ4v) is 2.06. The molecule has 7 nitrogen and oxygen atoms in total. The second-order valence-electron chi connectivity index (χ2n) is 4.37. The van der Waals surface area contributed by atoms with Gasteiger partial charge in [-0.25, -0.2) is 5.84 Å². The molecule has 0 spiro atoms. The third-order valence-electron chi connectivity index (χ3n) is 3.24. The van der Waals surface area contributed by atoms with E-state index in [1.165, 1.54) is 0 Å². The molecule has 1 amide bonds. The van der Waals surface area contributed by atoms with Crippen LogP contribution in [0.2, 0.25) is 0 Å². The Balaban J connectivity index is 1.85. The number of carbonyl (C=O) groups is 1. The first-order chi connectivity index (χ1) is 8.20. The first-order valence-electron chi connectivity index (χ1n) is 5.81. The summed E-state index contributed by atoms with van der Waals surface area (Å²) in [5.74, 6) is 5.93. The number of aromatic nitrogens is 3. The Hall–Kier alpha value is -1.47. The van der Waals surface area contributed by atoms with Gasteiger partial charge in [0.2, 0.25) is 5.91 Å². The minimum absolute atomic E-state index is 0.114. The van der Waals surface area contributed by atoms with Crippen LogP contribution in [0.3, 0.4) is 0 Å². The van der Waals surface area contributed by atoms with Gasteiger partial charge in [0.1, 0.15) is 12.2 Å². The van der Waals surface area contributed by atoms with E-state index in [2.05, 4.69) is 32.0 Å². The zero-order valence-corrected chi connectivity index (χ0v) is 9.96. The summed E-state index contributed by atoms with van der Waals surface area (Å²) in [5, 5.41) is 7.96. The summed E-state index contributed by atoms with van der Waals surface area (Å²) < 4.78 is 2.07. The van der Waals surface area contributed by atoms with Crippen LogP contribution in [-0.4, -0.2) is 38.2 Å². The lowest BCUT2D eigenvalue weighted by Crippen LogP contribution is -2.40. The van der Waals surface area contributed by atoms with Crippen molar-refractivity contribution in [3.63, 3.8) is 0 Å². The van der Waals surface area contributed by atoms with E-state index < -0.39 is 0 Å². The Labute approximate surface area is 100.0 Å². The number of nitrogens with two attached hydrogens (primary N) is 1.